The van der Waals surface area contributed by atoms with Gasteiger partial charge in [-0.25, -0.2) is 4.98 Å². The molecule has 1 atom stereocenters. The summed E-state index contributed by atoms with van der Waals surface area (Å²) in [5.41, 5.74) is 9.40. The number of aromatic nitrogens is 2. The molecule has 0 spiro atoms. The highest BCUT2D eigenvalue weighted by Gasteiger charge is 2.20. The third kappa shape index (κ3) is 4.68. The van der Waals surface area contributed by atoms with Gasteiger partial charge in [-0.15, -0.1) is 11.3 Å². The molecule has 2 aromatic heterocycles. The number of anilines is 2. The maximum Gasteiger partial charge on any atom is 0.202 e. The molecule has 1 unspecified atom stereocenters. The fourth-order valence-electron chi connectivity index (χ4n) is 3.33. The Bertz CT molecular complexity index is 920. The quantitative estimate of drug-likeness (QED) is 0.394. The van der Waals surface area contributed by atoms with E-state index in [9.17, 15) is 0 Å². The number of benzene rings is 1. The lowest BCUT2D eigenvalue weighted by Crippen LogP contribution is -2.34. The number of rotatable bonds is 8. The van der Waals surface area contributed by atoms with E-state index in [1.54, 1.807) is 17.5 Å². The van der Waals surface area contributed by atoms with Gasteiger partial charge in [-0.3, -0.25) is 14.9 Å². The second-order valence-electron chi connectivity index (χ2n) is 7.07. The van der Waals surface area contributed by atoms with Crippen LogP contribution in [-0.2, 0) is 0 Å². The first-order chi connectivity index (χ1) is 13.6. The van der Waals surface area contributed by atoms with Crippen LogP contribution in [-0.4, -0.2) is 22.5 Å². The molecule has 1 aromatic carbocycles. The maximum atomic E-state index is 6.54. The van der Waals surface area contributed by atoms with E-state index in [0.29, 0.717) is 11.9 Å². The molecule has 28 heavy (non-hydrogen) atoms. The number of nitrogens with zero attached hydrogens (tertiary/aromatic N) is 4. The molecule has 0 radical (unpaired) electrons. The lowest BCUT2D eigenvalue weighted by atomic mass is 10.00. The first kappa shape index (κ1) is 20.3. The molecular weight excluding hydrogens is 366 g/mol. The van der Waals surface area contributed by atoms with Crippen LogP contribution in [0.2, 0.25) is 0 Å². The van der Waals surface area contributed by atoms with E-state index in [4.69, 9.17) is 10.7 Å². The minimum absolute atomic E-state index is 0.487. The van der Waals surface area contributed by atoms with E-state index in [2.05, 4.69) is 35.9 Å². The summed E-state index contributed by atoms with van der Waals surface area (Å²) in [6.45, 7) is 7.20. The molecule has 0 aliphatic rings. The van der Waals surface area contributed by atoms with E-state index in [-0.39, 0.29) is 0 Å². The lowest BCUT2D eigenvalue weighted by Gasteiger charge is -2.23. The summed E-state index contributed by atoms with van der Waals surface area (Å²) in [7, 11) is 0. The maximum absolute atomic E-state index is 6.54. The van der Waals surface area contributed by atoms with Gasteiger partial charge in [0.05, 0.1) is 11.2 Å². The van der Waals surface area contributed by atoms with Crippen molar-refractivity contribution in [3.05, 3.63) is 47.6 Å². The van der Waals surface area contributed by atoms with Crippen LogP contribution in [0.15, 0.2) is 46.9 Å². The molecule has 3 aromatic rings. The number of unbranched alkanes of at least 4 members (excludes halogenated alkanes) is 1. The Balaban J connectivity index is 2.01. The molecule has 5 nitrogen and oxygen atoms in total. The second kappa shape index (κ2) is 9.64. The summed E-state index contributed by atoms with van der Waals surface area (Å²) in [4.78, 5) is 15.9. The molecule has 0 amide bonds. The summed E-state index contributed by atoms with van der Waals surface area (Å²) in [6.07, 6.45) is 6.55. The zero-order chi connectivity index (χ0) is 19.9. The van der Waals surface area contributed by atoms with Crippen molar-refractivity contribution >= 4 is 39.0 Å². The average Bonchev–Trinajstić information content (AvgIpc) is 3.22. The van der Waals surface area contributed by atoms with Crippen molar-refractivity contribution in [3.8, 4) is 0 Å². The van der Waals surface area contributed by atoms with E-state index in [1.165, 1.54) is 19.3 Å². The number of nitrogens with two attached hydrogens (primary N) is 1. The molecule has 0 aliphatic carbocycles. The first-order valence-electron chi connectivity index (χ1n) is 10.00. The predicted molar refractivity (Wildman–Crippen MR) is 121 cm³/mol. The van der Waals surface area contributed by atoms with Crippen LogP contribution >= 0.6 is 11.3 Å². The normalized spacial score (nSPS) is 13.0. The molecule has 148 valence electrons. The minimum atomic E-state index is 0.487. The van der Waals surface area contributed by atoms with Gasteiger partial charge in [-0.2, -0.15) is 0 Å². The molecule has 0 saturated heterocycles. The van der Waals surface area contributed by atoms with Gasteiger partial charge in [0.15, 0.2) is 5.13 Å². The molecule has 6 heteroatoms. The third-order valence-corrected chi connectivity index (χ3v) is 5.71. The number of para-hydroxylation sites is 1. The van der Waals surface area contributed by atoms with Gasteiger partial charge in [0.2, 0.25) is 5.96 Å². The molecule has 0 fully saturated rings. The van der Waals surface area contributed by atoms with Gasteiger partial charge in [0, 0.05) is 29.2 Å². The van der Waals surface area contributed by atoms with Gasteiger partial charge < -0.3 is 5.73 Å². The van der Waals surface area contributed by atoms with Crippen LogP contribution in [0.1, 0.15) is 45.2 Å². The standard InChI is InChI=1S/C22H29N5S/c1-4-6-9-17(5-2)15-25-21(23)27(22-24-12-13-28-22)20-14-16(3)26-19-11-8-7-10-18(19)20/h7-8,10-14,17H,4-6,9,15H2,1-3H3,(H2,23,25). The Kier molecular flexibility index (Phi) is 6.98. The van der Waals surface area contributed by atoms with Crippen LogP contribution in [0.4, 0.5) is 10.8 Å². The van der Waals surface area contributed by atoms with Gasteiger partial charge in [-0.05, 0) is 31.4 Å². The van der Waals surface area contributed by atoms with E-state index in [0.717, 1.165) is 40.4 Å². The van der Waals surface area contributed by atoms with Crippen LogP contribution in [0.3, 0.4) is 0 Å². The SMILES string of the molecule is CCCCC(CC)CN=C(N)N(c1nccs1)c1cc(C)nc2ccccc12. The molecule has 2 N–H and O–H groups in total. The molecule has 0 aliphatic heterocycles. The minimum Gasteiger partial charge on any atom is -0.369 e. The Morgan fingerprint density at radius 3 is 2.82 bits per heavy atom. The fourth-order valence-corrected chi connectivity index (χ4v) is 3.99. The smallest absolute Gasteiger partial charge is 0.202 e. The molecule has 2 heterocycles. The van der Waals surface area contributed by atoms with E-state index >= 15 is 0 Å². The van der Waals surface area contributed by atoms with Crippen molar-refractivity contribution in [1.29, 1.82) is 0 Å². The largest absolute Gasteiger partial charge is 0.369 e. The number of hydrogen-bond donors (Lipinski definition) is 1. The zero-order valence-electron chi connectivity index (χ0n) is 16.9. The van der Waals surface area contributed by atoms with Crippen LogP contribution in [0.5, 0.6) is 0 Å². The van der Waals surface area contributed by atoms with E-state index in [1.807, 2.05) is 35.4 Å². The van der Waals surface area contributed by atoms with Crippen LogP contribution < -0.4 is 10.6 Å². The van der Waals surface area contributed by atoms with Crippen LogP contribution in [0.25, 0.3) is 10.9 Å². The number of thiazole rings is 1. The van der Waals surface area contributed by atoms with Crippen molar-refractivity contribution in [2.45, 2.75) is 46.5 Å². The Hall–Kier alpha value is -2.47. The number of aliphatic imine (C=N–C) groups is 1. The van der Waals surface area contributed by atoms with Crippen molar-refractivity contribution in [1.82, 2.24) is 9.97 Å². The molecule has 0 bridgehead atoms. The number of guanidine groups is 1. The summed E-state index contributed by atoms with van der Waals surface area (Å²) in [5, 5.41) is 3.82. The number of fused-ring (bicyclic) bond motifs is 1. The van der Waals surface area contributed by atoms with E-state index < -0.39 is 0 Å². The summed E-state index contributed by atoms with van der Waals surface area (Å²) in [6, 6.07) is 10.2. The first-order valence-corrected chi connectivity index (χ1v) is 10.9. The average molecular weight is 396 g/mol. The molecule has 3 rings (SSSR count). The predicted octanol–water partition coefficient (Wildman–Crippen LogP) is 5.67. The highest BCUT2D eigenvalue weighted by atomic mass is 32.1. The highest BCUT2D eigenvalue weighted by Crippen LogP contribution is 2.33. The van der Waals surface area contributed by atoms with Gasteiger partial charge >= 0.3 is 0 Å². The number of hydrogen-bond acceptors (Lipinski definition) is 4. The number of aryl methyl sites for hydroxylation is 1. The van der Waals surface area contributed by atoms with Crippen molar-refractivity contribution in [2.75, 3.05) is 11.4 Å². The Labute approximate surface area is 171 Å². The third-order valence-electron chi connectivity index (χ3n) is 4.96. The van der Waals surface area contributed by atoms with Gasteiger partial charge in [-0.1, -0.05) is 51.3 Å². The van der Waals surface area contributed by atoms with Gasteiger partial charge in [0.25, 0.3) is 0 Å². The Morgan fingerprint density at radius 2 is 2.11 bits per heavy atom. The van der Waals surface area contributed by atoms with Crippen molar-refractivity contribution < 1.29 is 0 Å². The molecular formula is C22H29N5S. The summed E-state index contributed by atoms with van der Waals surface area (Å²) >= 11 is 1.56. The zero-order valence-corrected chi connectivity index (χ0v) is 17.7. The van der Waals surface area contributed by atoms with Crippen LogP contribution in [0, 0.1) is 12.8 Å². The highest BCUT2D eigenvalue weighted by molar-refractivity contribution is 7.13. The summed E-state index contributed by atoms with van der Waals surface area (Å²) in [5.74, 6) is 1.05. The lowest BCUT2D eigenvalue weighted by molar-refractivity contribution is 0.462. The number of pyridine rings is 1. The Morgan fingerprint density at radius 1 is 1.29 bits per heavy atom. The van der Waals surface area contributed by atoms with Crippen molar-refractivity contribution in [3.63, 3.8) is 0 Å². The van der Waals surface area contributed by atoms with Gasteiger partial charge in [0.1, 0.15) is 0 Å². The second-order valence-corrected chi connectivity index (χ2v) is 7.94. The monoisotopic (exact) mass is 395 g/mol. The van der Waals surface area contributed by atoms with Crippen molar-refractivity contribution in [2.24, 2.45) is 16.6 Å². The topological polar surface area (TPSA) is 67.4 Å². The molecule has 0 saturated carbocycles. The fraction of sp³-hybridized carbons (Fsp3) is 0.409. The summed E-state index contributed by atoms with van der Waals surface area (Å²) < 4.78 is 0.